The molecule has 1 aromatic heterocycles. The molecule has 6 heteroatoms. The zero-order valence-corrected chi connectivity index (χ0v) is 12.2. The molecule has 1 aromatic rings. The van der Waals surface area contributed by atoms with E-state index in [1.807, 2.05) is 11.8 Å². The molecule has 0 aliphatic carbocycles. The van der Waals surface area contributed by atoms with Crippen molar-refractivity contribution < 1.29 is 9.13 Å². The monoisotopic (exact) mass is 297 g/mol. The van der Waals surface area contributed by atoms with Crippen molar-refractivity contribution in [3.63, 3.8) is 0 Å². The molecule has 2 fully saturated rings. The minimum Gasteiger partial charge on any atom is -0.374 e. The lowest BCUT2D eigenvalue weighted by Gasteiger charge is -2.40. The minimum atomic E-state index is -0.295. The number of halogens is 1. The van der Waals surface area contributed by atoms with E-state index in [1.165, 1.54) is 6.20 Å². The van der Waals surface area contributed by atoms with Crippen LogP contribution in [0.2, 0.25) is 0 Å². The van der Waals surface area contributed by atoms with Gasteiger partial charge in [0.05, 0.1) is 17.8 Å². The van der Waals surface area contributed by atoms with E-state index in [0.29, 0.717) is 11.5 Å². The lowest BCUT2D eigenvalue weighted by Crippen LogP contribution is -2.45. The van der Waals surface area contributed by atoms with Crippen molar-refractivity contribution in [1.29, 1.82) is 0 Å². The number of pyridine rings is 1. The van der Waals surface area contributed by atoms with Crippen molar-refractivity contribution in [2.24, 2.45) is 11.8 Å². The number of rotatable bonds is 3. The zero-order valence-electron chi connectivity index (χ0n) is 11.3. The van der Waals surface area contributed by atoms with E-state index in [1.54, 1.807) is 12.3 Å². The third-order valence-electron chi connectivity index (χ3n) is 4.39. The minimum absolute atomic E-state index is 0.0216. The van der Waals surface area contributed by atoms with E-state index in [9.17, 15) is 4.39 Å². The second-order valence-electron chi connectivity index (χ2n) is 5.63. The predicted octanol–water partition coefficient (Wildman–Crippen LogP) is 2.03. The Morgan fingerprint density at radius 2 is 2.50 bits per heavy atom. The van der Waals surface area contributed by atoms with E-state index >= 15 is 0 Å². The Bertz CT molecular complexity index is 467. The molecular formula is C14H20FN3OS. The molecule has 1 spiro atoms. The van der Waals surface area contributed by atoms with Gasteiger partial charge in [0.1, 0.15) is 5.82 Å². The van der Waals surface area contributed by atoms with E-state index in [0.717, 1.165) is 37.4 Å². The molecule has 2 aliphatic heterocycles. The highest BCUT2D eigenvalue weighted by molar-refractivity contribution is 7.99. The molecule has 0 bridgehead atoms. The van der Waals surface area contributed by atoms with Crippen LogP contribution in [0.3, 0.4) is 0 Å². The maximum atomic E-state index is 14.0. The Morgan fingerprint density at radius 1 is 1.60 bits per heavy atom. The summed E-state index contributed by atoms with van der Waals surface area (Å²) < 4.78 is 20.0. The van der Waals surface area contributed by atoms with E-state index in [2.05, 4.69) is 10.4 Å². The highest BCUT2D eigenvalue weighted by Crippen LogP contribution is 2.44. The summed E-state index contributed by atoms with van der Waals surface area (Å²) in [6.45, 7) is 0.732. The van der Waals surface area contributed by atoms with Gasteiger partial charge >= 0.3 is 0 Å². The quantitative estimate of drug-likeness (QED) is 0.660. The van der Waals surface area contributed by atoms with Crippen LogP contribution in [0.25, 0.3) is 0 Å². The van der Waals surface area contributed by atoms with Gasteiger partial charge in [0.2, 0.25) is 0 Å². The first-order chi connectivity index (χ1) is 9.74. The number of ether oxygens (including phenoxy) is 1. The number of nitrogens with zero attached hydrogens (tertiary/aromatic N) is 1. The second kappa shape index (κ2) is 5.97. The molecule has 20 heavy (non-hydrogen) atoms. The molecule has 3 unspecified atom stereocenters. The molecule has 0 saturated carbocycles. The van der Waals surface area contributed by atoms with Crippen molar-refractivity contribution >= 4 is 11.8 Å². The molecule has 110 valence electrons. The number of hydrazine groups is 1. The number of thioether (sulfide) groups is 1. The summed E-state index contributed by atoms with van der Waals surface area (Å²) in [7, 11) is 0. The Hall–Kier alpha value is -0.690. The summed E-state index contributed by atoms with van der Waals surface area (Å²) in [6.07, 6.45) is 5.80. The van der Waals surface area contributed by atoms with Gasteiger partial charge in [-0.1, -0.05) is 0 Å². The number of nitrogens with two attached hydrogens (primary N) is 1. The summed E-state index contributed by atoms with van der Waals surface area (Å²) in [4.78, 5) is 3.81. The first-order valence-electron chi connectivity index (χ1n) is 7.01. The van der Waals surface area contributed by atoms with Crippen LogP contribution in [0, 0.1) is 11.7 Å². The van der Waals surface area contributed by atoms with Crippen LogP contribution in [0.1, 0.15) is 30.9 Å². The highest BCUT2D eigenvalue weighted by Gasteiger charge is 2.42. The van der Waals surface area contributed by atoms with Crippen LogP contribution in [0.5, 0.6) is 0 Å². The Balaban J connectivity index is 1.81. The maximum absolute atomic E-state index is 14.0. The Kier molecular flexibility index (Phi) is 4.26. The summed E-state index contributed by atoms with van der Waals surface area (Å²) in [5, 5.41) is 0. The van der Waals surface area contributed by atoms with Gasteiger partial charge in [0, 0.05) is 24.1 Å². The van der Waals surface area contributed by atoms with Crippen LogP contribution < -0.4 is 11.3 Å². The second-order valence-corrected chi connectivity index (χ2v) is 6.73. The lowest BCUT2D eigenvalue weighted by atomic mass is 9.79. The van der Waals surface area contributed by atoms with E-state index in [-0.39, 0.29) is 17.5 Å². The van der Waals surface area contributed by atoms with Crippen molar-refractivity contribution in [3.8, 4) is 0 Å². The maximum Gasteiger partial charge on any atom is 0.146 e. The Morgan fingerprint density at radius 3 is 3.20 bits per heavy atom. The average Bonchev–Trinajstić information content (AvgIpc) is 2.90. The zero-order chi connectivity index (χ0) is 14.0. The smallest absolute Gasteiger partial charge is 0.146 e. The third-order valence-corrected chi connectivity index (χ3v) is 5.61. The Labute approximate surface area is 122 Å². The van der Waals surface area contributed by atoms with Gasteiger partial charge in [0.15, 0.2) is 0 Å². The van der Waals surface area contributed by atoms with Crippen molar-refractivity contribution in [1.82, 2.24) is 10.4 Å². The molecule has 3 N–H and O–H groups in total. The van der Waals surface area contributed by atoms with Gasteiger partial charge in [-0.3, -0.25) is 16.3 Å². The molecule has 2 aliphatic rings. The molecule has 2 saturated heterocycles. The van der Waals surface area contributed by atoms with E-state index in [4.69, 9.17) is 10.6 Å². The number of hydrogen-bond donors (Lipinski definition) is 2. The van der Waals surface area contributed by atoms with Crippen LogP contribution in [-0.2, 0) is 4.74 Å². The molecular weight excluding hydrogens is 277 g/mol. The van der Waals surface area contributed by atoms with Gasteiger partial charge in [-0.05, 0) is 37.0 Å². The molecule has 0 amide bonds. The summed E-state index contributed by atoms with van der Waals surface area (Å²) in [5.74, 6) is 7.90. The van der Waals surface area contributed by atoms with Gasteiger partial charge in [-0.25, -0.2) is 4.39 Å². The first-order valence-corrected chi connectivity index (χ1v) is 8.17. The van der Waals surface area contributed by atoms with Crippen LogP contribution in [-0.4, -0.2) is 28.7 Å². The van der Waals surface area contributed by atoms with Gasteiger partial charge in [-0.15, -0.1) is 0 Å². The molecule has 3 atom stereocenters. The fourth-order valence-corrected chi connectivity index (χ4v) is 4.71. The molecule has 3 heterocycles. The lowest BCUT2D eigenvalue weighted by molar-refractivity contribution is -0.0856. The first kappa shape index (κ1) is 14.3. The SMILES string of the molecule is NNC(c1ccncc1F)C1CCOC2(CCSC2)C1. The number of aromatic nitrogens is 1. The summed E-state index contributed by atoms with van der Waals surface area (Å²) in [6, 6.07) is 1.54. The predicted molar refractivity (Wildman–Crippen MR) is 77.6 cm³/mol. The topological polar surface area (TPSA) is 60.2 Å². The van der Waals surface area contributed by atoms with Gasteiger partial charge in [-0.2, -0.15) is 11.8 Å². The van der Waals surface area contributed by atoms with Crippen LogP contribution in [0.4, 0.5) is 4.39 Å². The van der Waals surface area contributed by atoms with Gasteiger partial charge < -0.3 is 4.74 Å². The molecule has 4 nitrogen and oxygen atoms in total. The standard InChI is InChI=1S/C14H20FN3OS/c15-12-8-17-4-1-11(12)13(18-16)10-2-5-19-14(7-10)3-6-20-9-14/h1,4,8,10,13,18H,2-3,5-7,9,16H2. The van der Waals surface area contributed by atoms with Crippen LogP contribution in [0.15, 0.2) is 18.5 Å². The molecule has 3 rings (SSSR count). The molecule has 0 aromatic carbocycles. The largest absolute Gasteiger partial charge is 0.374 e. The van der Waals surface area contributed by atoms with Gasteiger partial charge in [0.25, 0.3) is 0 Å². The van der Waals surface area contributed by atoms with Crippen LogP contribution >= 0.6 is 11.8 Å². The van der Waals surface area contributed by atoms with Crippen molar-refractivity contribution in [2.75, 3.05) is 18.1 Å². The number of nitrogens with one attached hydrogen (secondary N) is 1. The fraction of sp³-hybridized carbons (Fsp3) is 0.643. The average molecular weight is 297 g/mol. The third kappa shape index (κ3) is 2.70. The van der Waals surface area contributed by atoms with Crippen molar-refractivity contribution in [2.45, 2.75) is 30.9 Å². The fourth-order valence-electron chi connectivity index (χ4n) is 3.33. The van der Waals surface area contributed by atoms with E-state index < -0.39 is 0 Å². The number of hydrogen-bond acceptors (Lipinski definition) is 5. The highest BCUT2D eigenvalue weighted by atomic mass is 32.2. The summed E-state index contributed by atoms with van der Waals surface area (Å²) in [5.41, 5.74) is 3.39. The normalized spacial score (nSPS) is 31.6. The van der Waals surface area contributed by atoms with Crippen molar-refractivity contribution in [3.05, 3.63) is 29.8 Å². The summed E-state index contributed by atoms with van der Waals surface area (Å²) >= 11 is 1.94. The molecule has 0 radical (unpaired) electrons.